The Labute approximate surface area is 113 Å². The molecule has 0 aromatic carbocycles. The Balaban J connectivity index is 2.34. The summed E-state index contributed by atoms with van der Waals surface area (Å²) in [5, 5.41) is 0. The van der Waals surface area contributed by atoms with Crippen LogP contribution in [0.1, 0.15) is 33.1 Å². The molecule has 1 aromatic heterocycles. The van der Waals surface area contributed by atoms with Gasteiger partial charge in [-0.2, -0.15) is 9.97 Å². The van der Waals surface area contributed by atoms with Gasteiger partial charge in [-0.1, -0.05) is 20.3 Å². The SMILES string of the molecule is CCCCOCCOc1nc(N)nc(OCCC)n1. The lowest BCUT2D eigenvalue weighted by Gasteiger charge is -2.07. The Bertz CT molecular complexity index is 363. The highest BCUT2D eigenvalue weighted by Crippen LogP contribution is 2.10. The summed E-state index contributed by atoms with van der Waals surface area (Å²) in [5.74, 6) is 0.0861. The van der Waals surface area contributed by atoms with E-state index in [-0.39, 0.29) is 18.0 Å². The molecule has 7 nitrogen and oxygen atoms in total. The van der Waals surface area contributed by atoms with Crippen LogP contribution in [0.3, 0.4) is 0 Å². The van der Waals surface area contributed by atoms with Gasteiger partial charge in [-0.15, -0.1) is 4.98 Å². The molecule has 0 radical (unpaired) electrons. The molecule has 0 saturated heterocycles. The molecule has 0 saturated carbocycles. The lowest BCUT2D eigenvalue weighted by molar-refractivity contribution is 0.0942. The van der Waals surface area contributed by atoms with Gasteiger partial charge < -0.3 is 19.9 Å². The highest BCUT2D eigenvalue weighted by molar-refractivity contribution is 5.20. The Morgan fingerprint density at radius 3 is 2.16 bits per heavy atom. The number of hydrogen-bond acceptors (Lipinski definition) is 7. The van der Waals surface area contributed by atoms with Crippen LogP contribution in [-0.2, 0) is 4.74 Å². The number of nitrogen functional groups attached to an aromatic ring is 1. The standard InChI is InChI=1S/C12H22N4O3/c1-3-5-7-17-8-9-19-12-15-10(13)14-11(16-12)18-6-4-2/h3-9H2,1-2H3,(H2,13,14,15,16). The zero-order chi connectivity index (χ0) is 13.9. The van der Waals surface area contributed by atoms with Crippen LogP contribution in [0, 0.1) is 0 Å². The number of anilines is 1. The maximum absolute atomic E-state index is 5.55. The second kappa shape index (κ2) is 9.32. The van der Waals surface area contributed by atoms with Gasteiger partial charge >= 0.3 is 12.0 Å². The van der Waals surface area contributed by atoms with E-state index in [1.807, 2.05) is 6.92 Å². The largest absolute Gasteiger partial charge is 0.463 e. The van der Waals surface area contributed by atoms with Crippen molar-refractivity contribution in [2.45, 2.75) is 33.1 Å². The quantitative estimate of drug-likeness (QED) is 0.643. The molecule has 1 heterocycles. The fourth-order valence-electron chi connectivity index (χ4n) is 1.22. The van der Waals surface area contributed by atoms with E-state index in [1.54, 1.807) is 0 Å². The minimum Gasteiger partial charge on any atom is -0.463 e. The van der Waals surface area contributed by atoms with Crippen molar-refractivity contribution in [2.24, 2.45) is 0 Å². The molecule has 7 heteroatoms. The summed E-state index contributed by atoms with van der Waals surface area (Å²) in [6.07, 6.45) is 3.03. The fourth-order valence-corrected chi connectivity index (χ4v) is 1.22. The molecule has 0 aliphatic heterocycles. The van der Waals surface area contributed by atoms with Crippen molar-refractivity contribution in [1.29, 1.82) is 0 Å². The molecule has 0 unspecified atom stereocenters. The molecule has 1 rings (SSSR count). The van der Waals surface area contributed by atoms with Crippen molar-refractivity contribution in [2.75, 3.05) is 32.2 Å². The van der Waals surface area contributed by atoms with Crippen molar-refractivity contribution in [3.05, 3.63) is 0 Å². The van der Waals surface area contributed by atoms with E-state index in [4.69, 9.17) is 19.9 Å². The maximum Gasteiger partial charge on any atom is 0.324 e. The first-order valence-electron chi connectivity index (χ1n) is 6.61. The monoisotopic (exact) mass is 270 g/mol. The molecule has 19 heavy (non-hydrogen) atoms. The Morgan fingerprint density at radius 1 is 0.842 bits per heavy atom. The summed E-state index contributed by atoms with van der Waals surface area (Å²) < 4.78 is 16.0. The number of unbranched alkanes of at least 4 members (excludes halogenated alkanes) is 1. The molecule has 0 atom stereocenters. The first-order chi connectivity index (χ1) is 9.26. The van der Waals surface area contributed by atoms with Gasteiger partial charge in [0, 0.05) is 6.61 Å². The zero-order valence-corrected chi connectivity index (χ0v) is 11.6. The molecular formula is C12H22N4O3. The van der Waals surface area contributed by atoms with Crippen molar-refractivity contribution < 1.29 is 14.2 Å². The Morgan fingerprint density at radius 2 is 1.53 bits per heavy atom. The molecular weight excluding hydrogens is 248 g/mol. The minimum absolute atomic E-state index is 0.0861. The van der Waals surface area contributed by atoms with E-state index in [0.29, 0.717) is 19.8 Å². The average Bonchev–Trinajstić information content (AvgIpc) is 2.40. The maximum atomic E-state index is 5.55. The normalized spacial score (nSPS) is 10.4. The summed E-state index contributed by atoms with van der Waals surface area (Å²) >= 11 is 0. The molecule has 1 aromatic rings. The number of nitrogens with zero attached hydrogens (tertiary/aromatic N) is 3. The van der Waals surface area contributed by atoms with Crippen LogP contribution in [0.4, 0.5) is 5.95 Å². The van der Waals surface area contributed by atoms with Gasteiger partial charge in [-0.05, 0) is 12.8 Å². The van der Waals surface area contributed by atoms with Crippen molar-refractivity contribution >= 4 is 5.95 Å². The van der Waals surface area contributed by atoms with Crippen molar-refractivity contribution in [3.8, 4) is 12.0 Å². The van der Waals surface area contributed by atoms with E-state index in [0.717, 1.165) is 25.9 Å². The summed E-state index contributed by atoms with van der Waals surface area (Å²) in [6, 6.07) is 0.356. The lowest BCUT2D eigenvalue weighted by atomic mass is 10.4. The summed E-state index contributed by atoms with van der Waals surface area (Å²) in [4.78, 5) is 11.7. The lowest BCUT2D eigenvalue weighted by Crippen LogP contribution is -2.11. The third-order valence-corrected chi connectivity index (χ3v) is 2.15. The predicted octanol–water partition coefficient (Wildman–Crippen LogP) is 1.44. The smallest absolute Gasteiger partial charge is 0.324 e. The number of hydrogen-bond donors (Lipinski definition) is 1. The number of aromatic nitrogens is 3. The van der Waals surface area contributed by atoms with Gasteiger partial charge in [-0.3, -0.25) is 0 Å². The second-order valence-corrected chi connectivity index (χ2v) is 3.92. The molecule has 0 spiro atoms. The van der Waals surface area contributed by atoms with E-state index in [2.05, 4.69) is 21.9 Å². The third kappa shape index (κ3) is 6.76. The van der Waals surface area contributed by atoms with Gasteiger partial charge in [0.1, 0.15) is 6.61 Å². The van der Waals surface area contributed by atoms with Crippen LogP contribution in [0.15, 0.2) is 0 Å². The van der Waals surface area contributed by atoms with Crippen molar-refractivity contribution in [1.82, 2.24) is 15.0 Å². The van der Waals surface area contributed by atoms with E-state index >= 15 is 0 Å². The summed E-state index contributed by atoms with van der Waals surface area (Å²) in [7, 11) is 0. The van der Waals surface area contributed by atoms with Crippen LogP contribution in [0.5, 0.6) is 12.0 Å². The summed E-state index contributed by atoms with van der Waals surface area (Å²) in [5.41, 5.74) is 5.55. The van der Waals surface area contributed by atoms with E-state index in [9.17, 15) is 0 Å². The van der Waals surface area contributed by atoms with E-state index < -0.39 is 0 Å². The minimum atomic E-state index is 0.0861. The van der Waals surface area contributed by atoms with Crippen LogP contribution in [-0.4, -0.2) is 41.4 Å². The van der Waals surface area contributed by atoms with Gasteiger partial charge in [0.05, 0.1) is 13.2 Å². The van der Waals surface area contributed by atoms with Gasteiger partial charge in [-0.25, -0.2) is 0 Å². The van der Waals surface area contributed by atoms with Gasteiger partial charge in [0.2, 0.25) is 5.95 Å². The van der Waals surface area contributed by atoms with Crippen LogP contribution in [0.2, 0.25) is 0 Å². The molecule has 0 aliphatic rings. The highest BCUT2D eigenvalue weighted by atomic mass is 16.5. The Kier molecular flexibility index (Phi) is 7.57. The highest BCUT2D eigenvalue weighted by Gasteiger charge is 2.06. The zero-order valence-electron chi connectivity index (χ0n) is 11.6. The van der Waals surface area contributed by atoms with Crippen LogP contribution >= 0.6 is 0 Å². The number of ether oxygens (including phenoxy) is 3. The number of rotatable bonds is 10. The predicted molar refractivity (Wildman–Crippen MR) is 71.2 cm³/mol. The van der Waals surface area contributed by atoms with Crippen LogP contribution in [0.25, 0.3) is 0 Å². The first kappa shape index (κ1) is 15.4. The Hall–Kier alpha value is -1.63. The van der Waals surface area contributed by atoms with Gasteiger partial charge in [0.25, 0.3) is 0 Å². The average molecular weight is 270 g/mol. The topological polar surface area (TPSA) is 92.4 Å². The van der Waals surface area contributed by atoms with Gasteiger partial charge in [0.15, 0.2) is 0 Å². The molecule has 2 N–H and O–H groups in total. The molecule has 0 aliphatic carbocycles. The second-order valence-electron chi connectivity index (χ2n) is 3.92. The molecule has 0 fully saturated rings. The molecule has 0 bridgehead atoms. The van der Waals surface area contributed by atoms with E-state index in [1.165, 1.54) is 0 Å². The third-order valence-electron chi connectivity index (χ3n) is 2.15. The summed E-state index contributed by atoms with van der Waals surface area (Å²) in [6.45, 7) is 6.26. The molecule has 108 valence electrons. The van der Waals surface area contributed by atoms with Crippen LogP contribution < -0.4 is 15.2 Å². The van der Waals surface area contributed by atoms with Crippen molar-refractivity contribution in [3.63, 3.8) is 0 Å². The fraction of sp³-hybridized carbons (Fsp3) is 0.750. The number of nitrogens with two attached hydrogens (primary N) is 1. The molecule has 0 amide bonds. The first-order valence-corrected chi connectivity index (χ1v) is 6.61.